The third-order valence-electron chi connectivity index (χ3n) is 5.27. The van der Waals surface area contributed by atoms with Crippen molar-refractivity contribution >= 4 is 21.6 Å². The smallest absolute Gasteiger partial charge is 0.246 e. The molecule has 3 rings (SSSR count). The van der Waals surface area contributed by atoms with Gasteiger partial charge >= 0.3 is 0 Å². The van der Waals surface area contributed by atoms with Crippen LogP contribution in [0.5, 0.6) is 5.75 Å². The van der Waals surface area contributed by atoms with Gasteiger partial charge in [-0.2, -0.15) is 4.31 Å². The van der Waals surface area contributed by atoms with Crippen LogP contribution in [0.15, 0.2) is 41.3 Å². The number of piperidine rings is 1. The average molecular weight is 421 g/mol. The minimum absolute atomic E-state index is 0.0404. The molecule has 1 aliphatic heterocycles. The molecule has 2 aromatic rings. The summed E-state index contributed by atoms with van der Waals surface area (Å²) in [5, 5.41) is 2.88. The van der Waals surface area contributed by atoms with Gasteiger partial charge in [-0.3, -0.25) is 4.79 Å². The molecule has 0 aliphatic carbocycles. The summed E-state index contributed by atoms with van der Waals surface area (Å²) in [5.74, 6) is -1.29. The van der Waals surface area contributed by atoms with Crippen LogP contribution in [0.25, 0.3) is 0 Å². The van der Waals surface area contributed by atoms with Crippen LogP contribution in [0.4, 0.5) is 10.1 Å². The van der Waals surface area contributed by atoms with Crippen molar-refractivity contribution in [2.45, 2.75) is 31.6 Å². The van der Waals surface area contributed by atoms with Gasteiger partial charge in [0.1, 0.15) is 16.5 Å². The first-order chi connectivity index (χ1) is 13.7. The Hall–Kier alpha value is -2.45. The monoisotopic (exact) mass is 420 g/mol. The number of ether oxygens (including phenoxy) is 1. The number of methoxy groups -OCH3 is 1. The molecule has 1 N–H and O–H groups in total. The van der Waals surface area contributed by atoms with Crippen molar-refractivity contribution in [3.05, 3.63) is 53.3 Å². The van der Waals surface area contributed by atoms with Gasteiger partial charge < -0.3 is 10.1 Å². The summed E-state index contributed by atoms with van der Waals surface area (Å²) in [5.41, 5.74) is 2.88. The van der Waals surface area contributed by atoms with Gasteiger partial charge in [0.2, 0.25) is 15.9 Å². The minimum Gasteiger partial charge on any atom is -0.495 e. The molecule has 2 aromatic carbocycles. The molecule has 6 nitrogen and oxygen atoms in total. The average Bonchev–Trinajstić information content (AvgIpc) is 2.70. The number of anilines is 1. The van der Waals surface area contributed by atoms with Gasteiger partial charge in [-0.1, -0.05) is 6.07 Å². The first-order valence-corrected chi connectivity index (χ1v) is 10.9. The van der Waals surface area contributed by atoms with Crippen LogP contribution in [0.2, 0.25) is 0 Å². The largest absolute Gasteiger partial charge is 0.495 e. The lowest BCUT2D eigenvalue weighted by Gasteiger charge is -2.31. The molecule has 1 fully saturated rings. The maximum Gasteiger partial charge on any atom is 0.246 e. The number of halogens is 1. The molecule has 0 saturated carbocycles. The molecule has 156 valence electrons. The van der Waals surface area contributed by atoms with E-state index < -0.39 is 21.8 Å². The number of nitrogens with one attached hydrogen (secondary N) is 1. The van der Waals surface area contributed by atoms with E-state index in [2.05, 4.69) is 5.32 Å². The quantitative estimate of drug-likeness (QED) is 0.803. The van der Waals surface area contributed by atoms with Crippen LogP contribution < -0.4 is 10.1 Å². The molecule has 0 unspecified atom stereocenters. The number of sulfonamides is 1. The number of aryl methyl sites for hydroxylation is 2. The summed E-state index contributed by atoms with van der Waals surface area (Å²) < 4.78 is 46.2. The lowest BCUT2D eigenvalue weighted by molar-refractivity contribution is -0.120. The van der Waals surface area contributed by atoms with E-state index in [1.807, 2.05) is 32.0 Å². The van der Waals surface area contributed by atoms with Gasteiger partial charge in [-0.25, -0.2) is 12.8 Å². The Labute approximate surface area is 170 Å². The molecule has 0 radical (unpaired) electrons. The maximum atomic E-state index is 13.7. The van der Waals surface area contributed by atoms with Crippen molar-refractivity contribution in [2.24, 2.45) is 5.92 Å². The highest BCUT2D eigenvalue weighted by molar-refractivity contribution is 7.89. The van der Waals surface area contributed by atoms with E-state index in [4.69, 9.17) is 4.74 Å². The molecule has 1 atom stereocenters. The van der Waals surface area contributed by atoms with Crippen molar-refractivity contribution in [1.82, 2.24) is 4.31 Å². The number of carbonyl (C=O) groups is 1. The fourth-order valence-electron chi connectivity index (χ4n) is 3.43. The second-order valence-electron chi connectivity index (χ2n) is 7.29. The van der Waals surface area contributed by atoms with Crippen LogP contribution in [0.3, 0.4) is 0 Å². The molecular weight excluding hydrogens is 395 g/mol. The van der Waals surface area contributed by atoms with Crippen LogP contribution in [-0.4, -0.2) is 38.8 Å². The second-order valence-corrected chi connectivity index (χ2v) is 9.19. The standard InChI is InChI=1S/C21H25FN2O4S/c1-14-6-8-18(11-15(14)2)23-21(25)16-5-4-10-24(13-16)29(26,27)20-12-17(22)7-9-19(20)28-3/h6-9,11-12,16H,4-5,10,13H2,1-3H3,(H,23,25)/t16-/m1/s1. The summed E-state index contributed by atoms with van der Waals surface area (Å²) in [6.45, 7) is 4.27. The number of amides is 1. The predicted octanol–water partition coefficient (Wildman–Crippen LogP) is 3.49. The summed E-state index contributed by atoms with van der Waals surface area (Å²) in [6, 6.07) is 9.03. The fourth-order valence-corrected chi connectivity index (χ4v) is 5.12. The Kier molecular flexibility index (Phi) is 6.24. The zero-order chi connectivity index (χ0) is 21.2. The zero-order valence-corrected chi connectivity index (χ0v) is 17.6. The fraction of sp³-hybridized carbons (Fsp3) is 0.381. The number of rotatable bonds is 5. The molecule has 1 amide bonds. The van der Waals surface area contributed by atoms with E-state index in [-0.39, 0.29) is 29.6 Å². The van der Waals surface area contributed by atoms with Crippen LogP contribution >= 0.6 is 0 Å². The van der Waals surface area contributed by atoms with Gasteiger partial charge in [0.05, 0.1) is 13.0 Å². The topological polar surface area (TPSA) is 75.7 Å². The maximum absolute atomic E-state index is 13.7. The van der Waals surface area contributed by atoms with Gasteiger partial charge in [0, 0.05) is 18.8 Å². The number of carbonyl (C=O) groups excluding carboxylic acids is 1. The van der Waals surface area contributed by atoms with Gasteiger partial charge in [0.15, 0.2) is 0 Å². The number of hydrogen-bond acceptors (Lipinski definition) is 4. The molecule has 1 aliphatic rings. The van der Waals surface area contributed by atoms with Gasteiger partial charge in [-0.15, -0.1) is 0 Å². The van der Waals surface area contributed by atoms with Crippen molar-refractivity contribution in [3.63, 3.8) is 0 Å². The second kappa shape index (κ2) is 8.51. The van der Waals surface area contributed by atoms with Crippen LogP contribution in [0, 0.1) is 25.6 Å². The Morgan fingerprint density at radius 2 is 1.93 bits per heavy atom. The number of benzene rings is 2. The summed E-state index contributed by atoms with van der Waals surface area (Å²) in [4.78, 5) is 12.5. The Morgan fingerprint density at radius 3 is 2.62 bits per heavy atom. The van der Waals surface area contributed by atoms with Crippen LogP contribution in [0.1, 0.15) is 24.0 Å². The van der Waals surface area contributed by atoms with Gasteiger partial charge in [0.25, 0.3) is 0 Å². The highest BCUT2D eigenvalue weighted by Gasteiger charge is 2.35. The number of hydrogen-bond donors (Lipinski definition) is 1. The molecule has 0 bridgehead atoms. The first-order valence-electron chi connectivity index (χ1n) is 9.44. The van der Waals surface area contributed by atoms with Gasteiger partial charge in [-0.05, 0) is 68.1 Å². The third kappa shape index (κ3) is 4.59. The first kappa shape index (κ1) is 21.3. The lowest BCUT2D eigenvalue weighted by Crippen LogP contribution is -2.43. The van der Waals surface area contributed by atoms with E-state index >= 15 is 0 Å². The number of nitrogens with zero attached hydrogens (tertiary/aromatic N) is 1. The predicted molar refractivity (Wildman–Crippen MR) is 109 cm³/mol. The van der Waals surface area contributed by atoms with E-state index in [9.17, 15) is 17.6 Å². The molecule has 8 heteroatoms. The molecule has 1 saturated heterocycles. The van der Waals surface area contributed by atoms with Crippen LogP contribution in [-0.2, 0) is 14.8 Å². The van der Waals surface area contributed by atoms with E-state index in [1.54, 1.807) is 0 Å². The highest BCUT2D eigenvalue weighted by Crippen LogP contribution is 2.30. The lowest BCUT2D eigenvalue weighted by atomic mass is 9.98. The minimum atomic E-state index is -3.99. The summed E-state index contributed by atoms with van der Waals surface area (Å²) in [6.07, 6.45) is 1.13. The third-order valence-corrected chi connectivity index (χ3v) is 7.16. The SMILES string of the molecule is COc1ccc(F)cc1S(=O)(=O)N1CCC[C@@H](C(=O)Nc2ccc(C)c(C)c2)C1. The van der Waals surface area contributed by atoms with Crippen molar-refractivity contribution in [2.75, 3.05) is 25.5 Å². The molecule has 1 heterocycles. The normalized spacial score (nSPS) is 17.7. The summed E-state index contributed by atoms with van der Waals surface area (Å²) in [7, 11) is -2.65. The molecule has 29 heavy (non-hydrogen) atoms. The van der Waals surface area contributed by atoms with Crippen molar-refractivity contribution in [3.8, 4) is 5.75 Å². The molecular formula is C21H25FN2O4S. The van der Waals surface area contributed by atoms with Crippen molar-refractivity contribution < 1.29 is 22.3 Å². The zero-order valence-electron chi connectivity index (χ0n) is 16.7. The Bertz CT molecular complexity index is 1020. The highest BCUT2D eigenvalue weighted by atomic mass is 32.2. The molecule has 0 spiro atoms. The van der Waals surface area contributed by atoms with E-state index in [0.29, 0.717) is 18.5 Å². The molecule has 0 aromatic heterocycles. The van der Waals surface area contributed by atoms with E-state index in [1.165, 1.54) is 17.5 Å². The van der Waals surface area contributed by atoms with Crippen molar-refractivity contribution in [1.29, 1.82) is 0 Å². The Balaban J connectivity index is 1.78. The summed E-state index contributed by atoms with van der Waals surface area (Å²) >= 11 is 0. The van der Waals surface area contributed by atoms with E-state index in [0.717, 1.165) is 23.3 Å². The Morgan fingerprint density at radius 1 is 1.17 bits per heavy atom.